The Morgan fingerprint density at radius 1 is 1.41 bits per heavy atom. The molecule has 0 amide bonds. The number of aliphatic carboxylic acids is 1. The molecule has 0 heterocycles. The molecule has 0 unspecified atom stereocenters. The molecule has 1 N–H and O–H groups in total. The van der Waals surface area contributed by atoms with Gasteiger partial charge in [0, 0.05) is 6.26 Å². The van der Waals surface area contributed by atoms with E-state index in [2.05, 4.69) is 0 Å². The predicted molar refractivity (Wildman–Crippen MR) is 58.1 cm³/mol. The number of carboxylic acids is 1. The van der Waals surface area contributed by atoms with Crippen LogP contribution in [0.25, 0.3) is 0 Å². The van der Waals surface area contributed by atoms with E-state index >= 15 is 0 Å². The van der Waals surface area contributed by atoms with Crippen molar-refractivity contribution in [2.75, 3.05) is 6.26 Å². The van der Waals surface area contributed by atoms with Gasteiger partial charge in [-0.25, -0.2) is 12.8 Å². The predicted octanol–water partition coefficient (Wildman–Crippen LogP) is 1.35. The number of hydrogen-bond acceptors (Lipinski definition) is 3. The molecule has 6 heteroatoms. The highest BCUT2D eigenvalue weighted by atomic mass is 32.2. The summed E-state index contributed by atoms with van der Waals surface area (Å²) in [7, 11) is -3.68. The van der Waals surface area contributed by atoms with Crippen molar-refractivity contribution in [2.45, 2.75) is 23.2 Å². The summed E-state index contributed by atoms with van der Waals surface area (Å²) in [5.41, 5.74) is -0.667. The normalized spacial score (nSPS) is 17.8. The van der Waals surface area contributed by atoms with Gasteiger partial charge in [0.2, 0.25) is 0 Å². The highest BCUT2D eigenvalue weighted by molar-refractivity contribution is 7.90. The molecule has 0 radical (unpaired) electrons. The Labute approximate surface area is 98.0 Å². The minimum absolute atomic E-state index is 0.354. The molecular weight excluding hydrogens is 247 g/mol. The molecule has 2 rings (SSSR count). The maximum absolute atomic E-state index is 13.3. The summed E-state index contributed by atoms with van der Waals surface area (Å²) in [5.74, 6) is -1.85. The van der Waals surface area contributed by atoms with Gasteiger partial charge in [-0.2, -0.15) is 0 Å². The molecule has 1 aliphatic carbocycles. The largest absolute Gasteiger partial charge is 0.481 e. The van der Waals surface area contributed by atoms with Gasteiger partial charge >= 0.3 is 5.97 Å². The number of benzene rings is 1. The van der Waals surface area contributed by atoms with Gasteiger partial charge in [0.05, 0.1) is 5.41 Å². The van der Waals surface area contributed by atoms with Gasteiger partial charge in [-0.1, -0.05) is 6.07 Å². The van der Waals surface area contributed by atoms with E-state index in [9.17, 15) is 17.6 Å². The van der Waals surface area contributed by atoms with Crippen LogP contribution < -0.4 is 0 Å². The van der Waals surface area contributed by atoms with Crippen molar-refractivity contribution in [3.05, 3.63) is 29.6 Å². The maximum atomic E-state index is 13.3. The van der Waals surface area contributed by atoms with Crippen LogP contribution in [-0.2, 0) is 20.0 Å². The summed E-state index contributed by atoms with van der Waals surface area (Å²) >= 11 is 0. The van der Waals surface area contributed by atoms with Crippen molar-refractivity contribution in [3.63, 3.8) is 0 Å². The summed E-state index contributed by atoms with van der Waals surface area (Å²) in [4.78, 5) is 10.6. The summed E-state index contributed by atoms with van der Waals surface area (Å²) in [6.07, 6.45) is 1.81. The van der Waals surface area contributed by atoms with Crippen LogP contribution in [0.1, 0.15) is 18.4 Å². The molecule has 0 spiro atoms. The highest BCUT2D eigenvalue weighted by Gasteiger charge is 2.52. The van der Waals surface area contributed by atoms with Crippen LogP contribution in [0, 0.1) is 5.82 Å². The van der Waals surface area contributed by atoms with Crippen molar-refractivity contribution in [1.29, 1.82) is 0 Å². The lowest BCUT2D eigenvalue weighted by atomic mass is 9.96. The van der Waals surface area contributed by atoms with E-state index in [0.717, 1.165) is 18.4 Å². The second kappa shape index (κ2) is 3.53. The lowest BCUT2D eigenvalue weighted by molar-refractivity contribution is -0.140. The third-order valence-electron chi connectivity index (χ3n) is 3.04. The molecule has 92 valence electrons. The molecule has 17 heavy (non-hydrogen) atoms. The Bertz CT molecular complexity index is 587. The van der Waals surface area contributed by atoms with Crippen molar-refractivity contribution in [1.82, 2.24) is 0 Å². The average Bonchev–Trinajstić information content (AvgIpc) is 2.97. The summed E-state index contributed by atoms with van der Waals surface area (Å²) in [6.45, 7) is 0. The fraction of sp³-hybridized carbons (Fsp3) is 0.364. The molecule has 0 aliphatic heterocycles. The Kier molecular flexibility index (Phi) is 2.50. The van der Waals surface area contributed by atoms with Crippen LogP contribution >= 0.6 is 0 Å². The number of rotatable bonds is 3. The first kappa shape index (κ1) is 12.0. The van der Waals surface area contributed by atoms with Gasteiger partial charge in [-0.05, 0) is 30.5 Å². The molecular formula is C11H11FO4S. The van der Waals surface area contributed by atoms with Gasteiger partial charge in [0.25, 0.3) is 0 Å². The lowest BCUT2D eigenvalue weighted by Gasteiger charge is -2.11. The quantitative estimate of drug-likeness (QED) is 0.888. The number of carboxylic acid groups (broad SMARTS) is 1. The van der Waals surface area contributed by atoms with Gasteiger partial charge < -0.3 is 5.11 Å². The molecule has 0 bridgehead atoms. The SMILES string of the molecule is CS(=O)(=O)c1cc(C2(C(=O)O)CC2)ccc1F. The third kappa shape index (κ3) is 1.93. The zero-order valence-electron chi connectivity index (χ0n) is 9.10. The molecule has 0 aromatic heterocycles. The fourth-order valence-corrected chi connectivity index (χ4v) is 2.60. The monoisotopic (exact) mass is 258 g/mol. The average molecular weight is 258 g/mol. The highest BCUT2D eigenvalue weighted by Crippen LogP contribution is 2.48. The topological polar surface area (TPSA) is 71.4 Å². The Morgan fingerprint density at radius 2 is 2.00 bits per heavy atom. The van der Waals surface area contributed by atoms with Crippen LogP contribution in [0.5, 0.6) is 0 Å². The number of sulfone groups is 1. The summed E-state index contributed by atoms with van der Waals surface area (Å²) < 4.78 is 36.0. The van der Waals surface area contributed by atoms with E-state index in [4.69, 9.17) is 5.11 Å². The minimum atomic E-state index is -3.68. The van der Waals surface area contributed by atoms with Crippen molar-refractivity contribution in [2.24, 2.45) is 0 Å². The Morgan fingerprint density at radius 3 is 2.41 bits per heavy atom. The van der Waals surface area contributed by atoms with E-state index in [0.29, 0.717) is 18.4 Å². The van der Waals surface area contributed by atoms with Crippen molar-refractivity contribution in [3.8, 4) is 0 Å². The standard InChI is InChI=1S/C11H11FO4S/c1-17(15,16)9-6-7(2-3-8(9)12)11(4-5-11)10(13)14/h2-3,6H,4-5H2,1H3,(H,13,14). The molecule has 1 aromatic carbocycles. The lowest BCUT2D eigenvalue weighted by Crippen LogP contribution is -2.20. The van der Waals surface area contributed by atoms with Crippen molar-refractivity contribution < 1.29 is 22.7 Å². The van der Waals surface area contributed by atoms with Crippen LogP contribution in [0.3, 0.4) is 0 Å². The summed E-state index contributed by atoms with van der Waals surface area (Å²) in [5, 5.41) is 9.08. The Balaban J connectivity index is 2.57. The van der Waals surface area contributed by atoms with E-state index in [1.165, 1.54) is 6.07 Å². The molecule has 1 saturated carbocycles. The minimum Gasteiger partial charge on any atom is -0.481 e. The first-order chi connectivity index (χ1) is 7.77. The first-order valence-corrected chi connectivity index (χ1v) is 6.90. The molecule has 1 aliphatic rings. The molecule has 0 saturated heterocycles. The van der Waals surface area contributed by atoms with E-state index in [1.807, 2.05) is 0 Å². The van der Waals surface area contributed by atoms with E-state index in [-0.39, 0.29) is 0 Å². The van der Waals surface area contributed by atoms with Crippen LogP contribution in [0.2, 0.25) is 0 Å². The van der Waals surface area contributed by atoms with E-state index < -0.39 is 31.9 Å². The third-order valence-corrected chi connectivity index (χ3v) is 4.15. The number of halogens is 1. The Hall–Kier alpha value is -1.43. The smallest absolute Gasteiger partial charge is 0.314 e. The molecule has 1 aromatic rings. The fourth-order valence-electron chi connectivity index (χ4n) is 1.84. The van der Waals surface area contributed by atoms with Gasteiger partial charge in [0.15, 0.2) is 9.84 Å². The first-order valence-electron chi connectivity index (χ1n) is 5.01. The van der Waals surface area contributed by atoms with Crippen molar-refractivity contribution >= 4 is 15.8 Å². The summed E-state index contributed by atoms with van der Waals surface area (Å²) in [6, 6.07) is 3.48. The molecule has 1 fully saturated rings. The number of hydrogen-bond donors (Lipinski definition) is 1. The van der Waals surface area contributed by atoms with E-state index in [1.54, 1.807) is 0 Å². The maximum Gasteiger partial charge on any atom is 0.314 e. The van der Waals surface area contributed by atoms with Crippen LogP contribution in [0.4, 0.5) is 4.39 Å². The van der Waals surface area contributed by atoms with Gasteiger partial charge in [-0.3, -0.25) is 4.79 Å². The second-order valence-electron chi connectivity index (χ2n) is 4.30. The number of carbonyl (C=O) groups is 1. The zero-order valence-corrected chi connectivity index (χ0v) is 9.92. The zero-order chi connectivity index (χ0) is 12.8. The van der Waals surface area contributed by atoms with Crippen LogP contribution in [-0.4, -0.2) is 25.7 Å². The molecule has 0 atom stereocenters. The second-order valence-corrected chi connectivity index (χ2v) is 6.29. The van der Waals surface area contributed by atoms with Gasteiger partial charge in [0.1, 0.15) is 10.7 Å². The van der Waals surface area contributed by atoms with Gasteiger partial charge in [-0.15, -0.1) is 0 Å². The van der Waals surface area contributed by atoms with Crippen LogP contribution in [0.15, 0.2) is 23.1 Å². The molecule has 4 nitrogen and oxygen atoms in total.